The third-order valence-electron chi connectivity index (χ3n) is 3.22. The van der Waals surface area contributed by atoms with Crippen LogP contribution in [0.5, 0.6) is 0 Å². The van der Waals surface area contributed by atoms with Gasteiger partial charge in [0.15, 0.2) is 0 Å². The SMILES string of the molecule is CC(C)[C@H](N)C(=O)C(N)(C(=O)OCc1ccccc1)[P+](=O)O. The summed E-state index contributed by atoms with van der Waals surface area (Å²) >= 11 is 0. The molecule has 0 saturated carbocycles. The molecule has 22 heavy (non-hydrogen) atoms. The average Bonchev–Trinajstić information content (AvgIpc) is 2.50. The highest BCUT2D eigenvalue weighted by atomic mass is 31.1. The zero-order valence-corrected chi connectivity index (χ0v) is 13.3. The number of nitrogens with two attached hydrogens (primary N) is 2. The number of carbonyl (C=O) groups excluding carboxylic acids is 2. The summed E-state index contributed by atoms with van der Waals surface area (Å²) in [7, 11) is -3.34. The van der Waals surface area contributed by atoms with Gasteiger partial charge < -0.3 is 10.5 Å². The Morgan fingerprint density at radius 2 is 1.86 bits per heavy atom. The Bertz CT molecular complexity index is 564. The fraction of sp³-hybridized carbons (Fsp3) is 0.429. The molecule has 0 fully saturated rings. The summed E-state index contributed by atoms with van der Waals surface area (Å²) in [5.41, 5.74) is 11.9. The Morgan fingerprint density at radius 1 is 1.32 bits per heavy atom. The molecular weight excluding hydrogens is 307 g/mol. The van der Waals surface area contributed by atoms with Crippen LogP contribution < -0.4 is 11.5 Å². The number of hydrogen-bond acceptors (Lipinski definition) is 6. The number of ketones is 1. The minimum Gasteiger partial charge on any atom is -0.456 e. The van der Waals surface area contributed by atoms with Gasteiger partial charge in [-0.15, -0.1) is 0 Å². The van der Waals surface area contributed by atoms with Crippen LogP contribution in [0.4, 0.5) is 0 Å². The molecule has 0 aliphatic heterocycles. The molecule has 0 bridgehead atoms. The third-order valence-corrected chi connectivity index (χ3v) is 4.23. The quantitative estimate of drug-likeness (QED) is 0.381. The third kappa shape index (κ3) is 3.96. The highest BCUT2D eigenvalue weighted by Gasteiger charge is 2.63. The number of ether oxygens (including phenoxy) is 1. The first-order chi connectivity index (χ1) is 10.2. The Kier molecular flexibility index (Phi) is 6.32. The highest BCUT2D eigenvalue weighted by Crippen LogP contribution is 2.34. The Labute approximate surface area is 129 Å². The van der Waals surface area contributed by atoms with Crippen LogP contribution in [0, 0.1) is 5.92 Å². The van der Waals surface area contributed by atoms with Gasteiger partial charge >= 0.3 is 19.3 Å². The lowest BCUT2D eigenvalue weighted by Gasteiger charge is -2.20. The van der Waals surface area contributed by atoms with E-state index < -0.39 is 31.1 Å². The first kappa shape index (κ1) is 18.4. The van der Waals surface area contributed by atoms with Crippen molar-refractivity contribution < 1.29 is 23.8 Å². The minimum atomic E-state index is -3.34. The van der Waals surface area contributed by atoms with Gasteiger partial charge in [0.1, 0.15) is 6.61 Å². The van der Waals surface area contributed by atoms with Crippen LogP contribution in [0.15, 0.2) is 30.3 Å². The van der Waals surface area contributed by atoms with Crippen LogP contribution in [0.1, 0.15) is 19.4 Å². The van der Waals surface area contributed by atoms with E-state index >= 15 is 0 Å². The number of carbonyl (C=O) groups is 2. The van der Waals surface area contributed by atoms with Crippen LogP contribution in [-0.4, -0.2) is 28.0 Å². The molecule has 120 valence electrons. The van der Waals surface area contributed by atoms with Crippen molar-refractivity contribution in [2.24, 2.45) is 17.4 Å². The molecule has 3 atom stereocenters. The molecule has 7 nitrogen and oxygen atoms in total. The highest BCUT2D eigenvalue weighted by molar-refractivity contribution is 7.43. The van der Waals surface area contributed by atoms with Gasteiger partial charge in [-0.2, -0.15) is 4.89 Å². The van der Waals surface area contributed by atoms with Crippen molar-refractivity contribution in [1.29, 1.82) is 0 Å². The van der Waals surface area contributed by atoms with Gasteiger partial charge in [-0.05, 0) is 16.0 Å². The maximum Gasteiger partial charge on any atom is 0.548 e. The standard InChI is InChI=1S/C14H19N2O5P/c1-9(2)11(15)12(17)14(16,22(19)20)13(18)21-8-10-6-4-3-5-7-10/h3-7,9,11H,8,15-16H2,1-2H3/p+1/t11-,14?/m0/s1. The number of esters is 1. The number of rotatable bonds is 7. The molecule has 0 saturated heterocycles. The molecule has 0 aliphatic carbocycles. The molecule has 0 aromatic heterocycles. The molecule has 8 heteroatoms. The first-order valence-electron chi connectivity index (χ1n) is 6.67. The number of Topliss-reactive ketones (excluding diaryl/α,β-unsaturated/α-hetero) is 1. The summed E-state index contributed by atoms with van der Waals surface area (Å²) < 4.78 is 16.4. The lowest BCUT2D eigenvalue weighted by Crippen LogP contribution is -2.59. The molecule has 1 aromatic carbocycles. The first-order valence-corrected chi connectivity index (χ1v) is 7.88. The Balaban J connectivity index is 2.92. The van der Waals surface area contributed by atoms with Crippen molar-refractivity contribution in [2.75, 3.05) is 0 Å². The van der Waals surface area contributed by atoms with Gasteiger partial charge in [0.05, 0.1) is 6.04 Å². The van der Waals surface area contributed by atoms with Crippen molar-refractivity contribution in [2.45, 2.75) is 31.8 Å². The topological polar surface area (TPSA) is 133 Å². The maximum atomic E-state index is 12.2. The van der Waals surface area contributed by atoms with Crippen LogP contribution in [-0.2, 0) is 25.5 Å². The molecule has 0 heterocycles. The van der Waals surface area contributed by atoms with Crippen LogP contribution >= 0.6 is 8.03 Å². The minimum absolute atomic E-state index is 0.161. The van der Waals surface area contributed by atoms with Gasteiger partial charge in [0, 0.05) is 0 Å². The van der Waals surface area contributed by atoms with Gasteiger partial charge in [-0.3, -0.25) is 10.5 Å². The zero-order chi connectivity index (χ0) is 16.9. The Morgan fingerprint density at radius 3 is 2.32 bits per heavy atom. The summed E-state index contributed by atoms with van der Waals surface area (Å²) in [6, 6.07) is 7.53. The second-order valence-electron chi connectivity index (χ2n) is 5.24. The lowest BCUT2D eigenvalue weighted by molar-refractivity contribution is -0.151. The Hall–Kier alpha value is -1.66. The second-order valence-corrected chi connectivity index (χ2v) is 6.49. The van der Waals surface area contributed by atoms with E-state index in [0.717, 1.165) is 0 Å². The van der Waals surface area contributed by atoms with Crippen molar-refractivity contribution in [3.05, 3.63) is 35.9 Å². The molecule has 0 aliphatic rings. The molecule has 1 aromatic rings. The van der Waals surface area contributed by atoms with Gasteiger partial charge in [-0.1, -0.05) is 44.2 Å². The van der Waals surface area contributed by atoms with Crippen molar-refractivity contribution >= 4 is 19.8 Å². The molecule has 0 spiro atoms. The van der Waals surface area contributed by atoms with Gasteiger partial charge in [0.2, 0.25) is 5.78 Å². The van der Waals surface area contributed by atoms with Gasteiger partial charge in [0.25, 0.3) is 0 Å². The predicted octanol–water partition coefficient (Wildman–Crippen LogP) is 0.672. The molecular formula is C14H20N2O5P+. The van der Waals surface area contributed by atoms with Crippen molar-refractivity contribution in [3.63, 3.8) is 0 Å². The van der Waals surface area contributed by atoms with E-state index in [1.165, 1.54) is 0 Å². The van der Waals surface area contributed by atoms with Crippen LogP contribution in [0.3, 0.4) is 0 Å². The monoisotopic (exact) mass is 327 g/mol. The molecule has 0 radical (unpaired) electrons. The molecule has 0 amide bonds. The molecule has 1 rings (SSSR count). The molecule has 5 N–H and O–H groups in total. The largest absolute Gasteiger partial charge is 0.548 e. The summed E-state index contributed by atoms with van der Waals surface area (Å²) in [5, 5.41) is -2.66. The van der Waals surface area contributed by atoms with E-state index in [2.05, 4.69) is 0 Å². The van der Waals surface area contributed by atoms with Crippen LogP contribution in [0.2, 0.25) is 0 Å². The predicted molar refractivity (Wildman–Crippen MR) is 80.8 cm³/mol. The second kappa shape index (κ2) is 7.56. The van der Waals surface area contributed by atoms with E-state index in [9.17, 15) is 19.0 Å². The maximum absolute atomic E-state index is 12.2. The molecule has 2 unspecified atom stereocenters. The summed E-state index contributed by atoms with van der Waals surface area (Å²) in [4.78, 5) is 33.6. The smallest absolute Gasteiger partial charge is 0.456 e. The fourth-order valence-corrected chi connectivity index (χ4v) is 2.22. The van der Waals surface area contributed by atoms with Crippen LogP contribution in [0.25, 0.3) is 0 Å². The van der Waals surface area contributed by atoms with E-state index in [-0.39, 0.29) is 12.5 Å². The van der Waals surface area contributed by atoms with E-state index in [4.69, 9.17) is 16.2 Å². The van der Waals surface area contributed by atoms with Crippen molar-refractivity contribution in [3.8, 4) is 0 Å². The van der Waals surface area contributed by atoms with E-state index in [1.807, 2.05) is 0 Å². The zero-order valence-electron chi connectivity index (χ0n) is 12.4. The summed E-state index contributed by atoms with van der Waals surface area (Å²) in [6.45, 7) is 3.12. The summed E-state index contributed by atoms with van der Waals surface area (Å²) in [6.07, 6.45) is 0. The normalized spacial score (nSPS) is 15.8. The summed E-state index contributed by atoms with van der Waals surface area (Å²) in [5.74, 6) is -2.61. The van der Waals surface area contributed by atoms with Gasteiger partial charge in [-0.25, -0.2) is 4.79 Å². The fourth-order valence-electron chi connectivity index (χ4n) is 1.66. The number of hydrogen-bond donors (Lipinski definition) is 3. The average molecular weight is 327 g/mol. The van der Waals surface area contributed by atoms with E-state index in [1.54, 1.807) is 44.2 Å². The van der Waals surface area contributed by atoms with Crippen molar-refractivity contribution in [1.82, 2.24) is 0 Å². The number of benzene rings is 1. The van der Waals surface area contributed by atoms with E-state index in [0.29, 0.717) is 5.56 Å². The lowest BCUT2D eigenvalue weighted by atomic mass is 9.96.